The number of carbonyl (C=O) groups excluding carboxylic acids is 1. The van der Waals surface area contributed by atoms with Gasteiger partial charge < -0.3 is 4.74 Å². The summed E-state index contributed by atoms with van der Waals surface area (Å²) in [5.41, 5.74) is 3.52. The van der Waals surface area contributed by atoms with Crippen molar-refractivity contribution in [1.82, 2.24) is 15.0 Å². The van der Waals surface area contributed by atoms with Crippen LogP contribution in [0.4, 0.5) is 14.9 Å². The zero-order valence-corrected chi connectivity index (χ0v) is 18.6. The fourth-order valence-electron chi connectivity index (χ4n) is 3.41. The van der Waals surface area contributed by atoms with Gasteiger partial charge in [0.2, 0.25) is 0 Å². The predicted molar refractivity (Wildman–Crippen MR) is 116 cm³/mol. The first-order valence-corrected chi connectivity index (χ1v) is 10.5. The van der Waals surface area contributed by atoms with Crippen LogP contribution in [0.2, 0.25) is 0 Å². The molecule has 0 bridgehead atoms. The molecule has 0 N–H and O–H groups in total. The minimum Gasteiger partial charge on any atom is -0.443 e. The number of carbonyl (C=O) groups is 1. The van der Waals surface area contributed by atoms with E-state index < -0.39 is 5.60 Å². The van der Waals surface area contributed by atoms with Crippen LogP contribution in [0.1, 0.15) is 31.9 Å². The van der Waals surface area contributed by atoms with Gasteiger partial charge in [0, 0.05) is 22.1 Å². The standard InChI is InChI=1S/C22H22BrFN4O2/c1-22(2,3)30-21(29)28-9-8-15-10-14(4-7-20(15)28)19-13-27(26-25-19)12-16-11-17(23)5-6-18(16)24/h4-7,10-11,13H,8-9,12H2,1-3H3. The summed E-state index contributed by atoms with van der Waals surface area (Å²) in [6, 6.07) is 10.7. The molecule has 1 aliphatic rings. The Bertz CT molecular complexity index is 1110. The highest BCUT2D eigenvalue weighted by atomic mass is 79.9. The van der Waals surface area contributed by atoms with Crippen LogP contribution in [0.5, 0.6) is 0 Å². The molecule has 0 fully saturated rings. The Morgan fingerprint density at radius 1 is 1.23 bits per heavy atom. The summed E-state index contributed by atoms with van der Waals surface area (Å²) in [7, 11) is 0. The number of halogens is 2. The third kappa shape index (κ3) is 4.38. The largest absolute Gasteiger partial charge is 0.443 e. The summed E-state index contributed by atoms with van der Waals surface area (Å²) in [6.07, 6.45) is 2.21. The van der Waals surface area contributed by atoms with Gasteiger partial charge in [0.1, 0.15) is 17.1 Å². The Labute approximate surface area is 182 Å². The molecule has 30 heavy (non-hydrogen) atoms. The molecule has 4 rings (SSSR count). The summed E-state index contributed by atoms with van der Waals surface area (Å²) in [5, 5.41) is 8.37. The van der Waals surface area contributed by atoms with Gasteiger partial charge in [-0.2, -0.15) is 0 Å². The van der Waals surface area contributed by atoms with Crippen LogP contribution in [0, 0.1) is 5.82 Å². The van der Waals surface area contributed by atoms with Crippen LogP contribution >= 0.6 is 15.9 Å². The number of benzene rings is 2. The molecule has 1 amide bonds. The van der Waals surface area contributed by atoms with Gasteiger partial charge in [-0.05, 0) is 63.1 Å². The molecule has 0 saturated heterocycles. The monoisotopic (exact) mass is 472 g/mol. The third-order valence-electron chi connectivity index (χ3n) is 4.76. The second-order valence-electron chi connectivity index (χ2n) is 8.26. The van der Waals surface area contributed by atoms with Crippen LogP contribution in [0.3, 0.4) is 0 Å². The summed E-state index contributed by atoms with van der Waals surface area (Å²) < 4.78 is 21.9. The number of hydrogen-bond acceptors (Lipinski definition) is 4. The molecule has 1 aromatic heterocycles. The number of amides is 1. The molecule has 8 heteroatoms. The van der Waals surface area contributed by atoms with Crippen molar-refractivity contribution in [2.45, 2.75) is 39.3 Å². The average molecular weight is 473 g/mol. The maximum Gasteiger partial charge on any atom is 0.414 e. The van der Waals surface area contributed by atoms with Gasteiger partial charge in [-0.1, -0.05) is 27.2 Å². The van der Waals surface area contributed by atoms with E-state index in [0.717, 1.165) is 27.7 Å². The fraction of sp³-hybridized carbons (Fsp3) is 0.318. The summed E-state index contributed by atoms with van der Waals surface area (Å²) in [4.78, 5) is 14.1. The summed E-state index contributed by atoms with van der Waals surface area (Å²) in [5.74, 6) is -0.282. The van der Waals surface area contributed by atoms with Crippen molar-refractivity contribution in [3.8, 4) is 11.3 Å². The van der Waals surface area contributed by atoms with Gasteiger partial charge in [0.05, 0.1) is 18.4 Å². The molecular formula is C22H22BrFN4O2. The topological polar surface area (TPSA) is 60.2 Å². The second-order valence-corrected chi connectivity index (χ2v) is 9.18. The molecule has 0 saturated carbocycles. The Morgan fingerprint density at radius 2 is 2.03 bits per heavy atom. The van der Waals surface area contributed by atoms with E-state index in [9.17, 15) is 9.18 Å². The molecule has 1 aliphatic heterocycles. The van der Waals surface area contributed by atoms with Crippen LogP contribution in [-0.2, 0) is 17.7 Å². The first kappa shape index (κ1) is 20.5. The van der Waals surface area contributed by atoms with E-state index in [0.29, 0.717) is 17.8 Å². The Hall–Kier alpha value is -2.74. The lowest BCUT2D eigenvalue weighted by atomic mass is 10.1. The molecule has 0 unspecified atom stereocenters. The van der Waals surface area contributed by atoms with Crippen LogP contribution in [0.25, 0.3) is 11.3 Å². The smallest absolute Gasteiger partial charge is 0.414 e. The van der Waals surface area contributed by atoms with Gasteiger partial charge in [-0.15, -0.1) is 5.10 Å². The van der Waals surface area contributed by atoms with Gasteiger partial charge in [0.15, 0.2) is 0 Å². The second kappa shape index (κ2) is 7.83. The Balaban J connectivity index is 1.53. The quantitative estimate of drug-likeness (QED) is 0.525. The third-order valence-corrected chi connectivity index (χ3v) is 5.26. The number of anilines is 1. The van der Waals surface area contributed by atoms with Gasteiger partial charge >= 0.3 is 6.09 Å². The van der Waals surface area contributed by atoms with Crippen molar-refractivity contribution in [3.05, 3.63) is 64.0 Å². The number of rotatable bonds is 3. The maximum atomic E-state index is 14.0. The van der Waals surface area contributed by atoms with Crippen molar-refractivity contribution in [1.29, 1.82) is 0 Å². The lowest BCUT2D eigenvalue weighted by Crippen LogP contribution is -2.35. The van der Waals surface area contributed by atoms with E-state index in [1.807, 2.05) is 39.0 Å². The zero-order chi connectivity index (χ0) is 21.5. The normalized spacial score (nSPS) is 13.4. The number of ether oxygens (including phenoxy) is 1. The molecule has 0 radical (unpaired) electrons. The van der Waals surface area contributed by atoms with Crippen molar-refractivity contribution in [2.75, 3.05) is 11.4 Å². The van der Waals surface area contributed by atoms with Gasteiger partial charge in [0.25, 0.3) is 0 Å². The van der Waals surface area contributed by atoms with Gasteiger partial charge in [-0.3, -0.25) is 4.90 Å². The van der Waals surface area contributed by atoms with Crippen molar-refractivity contribution >= 4 is 27.7 Å². The predicted octanol–water partition coefficient (Wildman–Crippen LogP) is 5.19. The molecule has 0 aliphatic carbocycles. The Kier molecular flexibility index (Phi) is 5.36. The number of hydrogen-bond donors (Lipinski definition) is 0. The van der Waals surface area contributed by atoms with Crippen LogP contribution in [-0.4, -0.2) is 33.2 Å². The van der Waals surface area contributed by atoms with Crippen molar-refractivity contribution < 1.29 is 13.9 Å². The van der Waals surface area contributed by atoms with E-state index in [-0.39, 0.29) is 18.5 Å². The molecule has 2 aromatic carbocycles. The summed E-state index contributed by atoms with van der Waals surface area (Å²) >= 11 is 3.36. The minimum atomic E-state index is -0.536. The molecular weight excluding hydrogens is 451 g/mol. The first-order valence-electron chi connectivity index (χ1n) is 9.67. The van der Waals surface area contributed by atoms with Crippen LogP contribution in [0.15, 0.2) is 47.1 Å². The lowest BCUT2D eigenvalue weighted by molar-refractivity contribution is 0.0584. The summed E-state index contributed by atoms with van der Waals surface area (Å²) in [6.45, 7) is 6.44. The average Bonchev–Trinajstić information content (AvgIpc) is 3.29. The lowest BCUT2D eigenvalue weighted by Gasteiger charge is -2.24. The minimum absolute atomic E-state index is 0.282. The number of fused-ring (bicyclic) bond motifs is 1. The highest BCUT2D eigenvalue weighted by Crippen LogP contribution is 2.33. The molecule has 2 heterocycles. The zero-order valence-electron chi connectivity index (χ0n) is 17.0. The van der Waals surface area contributed by atoms with E-state index in [1.54, 1.807) is 27.9 Å². The molecule has 3 aromatic rings. The van der Waals surface area contributed by atoms with E-state index in [1.165, 1.54) is 6.07 Å². The number of aromatic nitrogens is 3. The molecule has 156 valence electrons. The SMILES string of the molecule is CC(C)(C)OC(=O)N1CCc2cc(-c3cn(Cc4cc(Br)ccc4F)nn3)ccc21. The van der Waals surface area contributed by atoms with Crippen molar-refractivity contribution in [3.63, 3.8) is 0 Å². The van der Waals surface area contributed by atoms with Crippen molar-refractivity contribution in [2.24, 2.45) is 0 Å². The van der Waals surface area contributed by atoms with E-state index >= 15 is 0 Å². The molecule has 0 atom stereocenters. The molecule has 0 spiro atoms. The number of nitrogens with zero attached hydrogens (tertiary/aromatic N) is 4. The van der Waals surface area contributed by atoms with E-state index in [2.05, 4.69) is 26.2 Å². The maximum absolute atomic E-state index is 14.0. The van der Waals surface area contributed by atoms with Crippen LogP contribution < -0.4 is 4.90 Å². The molecule has 6 nitrogen and oxygen atoms in total. The highest BCUT2D eigenvalue weighted by molar-refractivity contribution is 9.10. The fourth-order valence-corrected chi connectivity index (χ4v) is 3.82. The van der Waals surface area contributed by atoms with E-state index in [4.69, 9.17) is 4.74 Å². The van der Waals surface area contributed by atoms with Gasteiger partial charge in [-0.25, -0.2) is 13.9 Å². The first-order chi connectivity index (χ1) is 14.2. The Morgan fingerprint density at radius 3 is 2.80 bits per heavy atom. The highest BCUT2D eigenvalue weighted by Gasteiger charge is 2.29.